The van der Waals surface area contributed by atoms with Gasteiger partial charge in [0.25, 0.3) is 0 Å². The summed E-state index contributed by atoms with van der Waals surface area (Å²) in [7, 11) is 1.67. The highest BCUT2D eigenvalue weighted by Crippen LogP contribution is 2.17. The van der Waals surface area contributed by atoms with Crippen molar-refractivity contribution in [2.45, 2.75) is 38.5 Å². The van der Waals surface area contributed by atoms with Gasteiger partial charge in [0.05, 0.1) is 7.11 Å². The van der Waals surface area contributed by atoms with Crippen molar-refractivity contribution in [3.05, 3.63) is 29.8 Å². The van der Waals surface area contributed by atoms with E-state index >= 15 is 0 Å². The summed E-state index contributed by atoms with van der Waals surface area (Å²) >= 11 is 0. The van der Waals surface area contributed by atoms with Gasteiger partial charge < -0.3 is 15.8 Å². The fourth-order valence-corrected chi connectivity index (χ4v) is 2.12. The predicted octanol–water partition coefficient (Wildman–Crippen LogP) is 2.26. The molecular weight excluding hydrogens is 252 g/mol. The lowest BCUT2D eigenvalue weighted by Crippen LogP contribution is -2.25. The Balaban J connectivity index is 2.15. The standard InChI is InChI=1S/C16H26N2O2/c1-20-15-9-6-5-8-14(15)11-13-18-16(19)10-4-2-3-7-12-17/h5-6,8-9H,2-4,7,10-13,17H2,1H3,(H,18,19). The number of hydrogen-bond acceptors (Lipinski definition) is 3. The van der Waals surface area contributed by atoms with Gasteiger partial charge >= 0.3 is 0 Å². The van der Waals surface area contributed by atoms with Crippen LogP contribution in [0.4, 0.5) is 0 Å². The maximum Gasteiger partial charge on any atom is 0.220 e. The van der Waals surface area contributed by atoms with Crippen LogP contribution in [0.25, 0.3) is 0 Å². The van der Waals surface area contributed by atoms with Crippen molar-refractivity contribution in [3.8, 4) is 5.75 Å². The number of rotatable bonds is 10. The van der Waals surface area contributed by atoms with Crippen LogP contribution >= 0.6 is 0 Å². The summed E-state index contributed by atoms with van der Waals surface area (Å²) in [5.41, 5.74) is 6.55. The van der Waals surface area contributed by atoms with E-state index in [-0.39, 0.29) is 5.91 Å². The molecular formula is C16H26N2O2. The molecule has 0 aliphatic carbocycles. The Morgan fingerprint density at radius 3 is 2.70 bits per heavy atom. The van der Waals surface area contributed by atoms with Gasteiger partial charge in [0.15, 0.2) is 0 Å². The van der Waals surface area contributed by atoms with E-state index in [1.165, 1.54) is 0 Å². The van der Waals surface area contributed by atoms with E-state index in [1.807, 2.05) is 24.3 Å². The average Bonchev–Trinajstić information content (AvgIpc) is 2.47. The SMILES string of the molecule is COc1ccccc1CCNC(=O)CCCCCCN. The first kappa shape index (κ1) is 16.5. The van der Waals surface area contributed by atoms with Gasteiger partial charge in [0, 0.05) is 13.0 Å². The number of nitrogens with two attached hydrogens (primary N) is 1. The van der Waals surface area contributed by atoms with E-state index in [0.717, 1.165) is 50.0 Å². The number of hydrogen-bond donors (Lipinski definition) is 2. The van der Waals surface area contributed by atoms with Crippen LogP contribution in [0, 0.1) is 0 Å². The molecule has 1 amide bonds. The van der Waals surface area contributed by atoms with Gasteiger partial charge in [-0.3, -0.25) is 4.79 Å². The second-order valence-corrected chi connectivity index (χ2v) is 4.86. The zero-order chi connectivity index (χ0) is 14.6. The Bertz CT molecular complexity index is 394. The summed E-state index contributed by atoms with van der Waals surface area (Å²) in [6.07, 6.45) is 5.59. The molecule has 0 spiro atoms. The molecule has 4 nitrogen and oxygen atoms in total. The number of ether oxygens (including phenoxy) is 1. The Morgan fingerprint density at radius 1 is 1.20 bits per heavy atom. The molecule has 0 bridgehead atoms. The van der Waals surface area contributed by atoms with Crippen LogP contribution in [-0.4, -0.2) is 26.1 Å². The summed E-state index contributed by atoms with van der Waals surface area (Å²) in [5, 5.41) is 2.95. The first-order chi connectivity index (χ1) is 9.77. The second-order valence-electron chi connectivity index (χ2n) is 4.86. The summed E-state index contributed by atoms with van der Waals surface area (Å²) in [4.78, 5) is 11.7. The average molecular weight is 278 g/mol. The lowest BCUT2D eigenvalue weighted by molar-refractivity contribution is -0.121. The third kappa shape index (κ3) is 6.57. The predicted molar refractivity (Wildman–Crippen MR) is 81.8 cm³/mol. The molecule has 0 fully saturated rings. The Hall–Kier alpha value is -1.55. The number of methoxy groups -OCH3 is 1. The van der Waals surface area contributed by atoms with E-state index in [9.17, 15) is 4.79 Å². The number of unbranched alkanes of at least 4 members (excludes halogenated alkanes) is 3. The van der Waals surface area contributed by atoms with E-state index in [1.54, 1.807) is 7.11 Å². The van der Waals surface area contributed by atoms with E-state index in [2.05, 4.69) is 5.32 Å². The summed E-state index contributed by atoms with van der Waals surface area (Å²) < 4.78 is 5.28. The van der Waals surface area contributed by atoms with Crippen molar-refractivity contribution in [2.24, 2.45) is 5.73 Å². The number of para-hydroxylation sites is 1. The zero-order valence-electron chi connectivity index (χ0n) is 12.4. The number of carbonyl (C=O) groups is 1. The minimum Gasteiger partial charge on any atom is -0.496 e. The normalized spacial score (nSPS) is 10.3. The highest BCUT2D eigenvalue weighted by molar-refractivity contribution is 5.75. The smallest absolute Gasteiger partial charge is 0.220 e. The molecule has 0 unspecified atom stereocenters. The summed E-state index contributed by atoms with van der Waals surface area (Å²) in [5.74, 6) is 1.01. The molecule has 112 valence electrons. The number of benzene rings is 1. The number of carbonyl (C=O) groups excluding carboxylic acids is 1. The lowest BCUT2D eigenvalue weighted by atomic mass is 10.1. The van der Waals surface area contributed by atoms with Crippen molar-refractivity contribution in [1.82, 2.24) is 5.32 Å². The minimum absolute atomic E-state index is 0.132. The Kier molecular flexibility index (Phi) is 8.47. The van der Waals surface area contributed by atoms with Gasteiger partial charge in [-0.15, -0.1) is 0 Å². The van der Waals surface area contributed by atoms with Gasteiger partial charge in [-0.25, -0.2) is 0 Å². The van der Waals surface area contributed by atoms with Crippen molar-refractivity contribution in [1.29, 1.82) is 0 Å². The molecule has 0 atom stereocenters. The first-order valence-electron chi connectivity index (χ1n) is 7.36. The van der Waals surface area contributed by atoms with Crippen LogP contribution in [0.3, 0.4) is 0 Å². The number of amides is 1. The van der Waals surface area contributed by atoms with Crippen LogP contribution in [0.2, 0.25) is 0 Å². The molecule has 0 radical (unpaired) electrons. The van der Waals surface area contributed by atoms with Crippen LogP contribution in [0.5, 0.6) is 5.75 Å². The third-order valence-electron chi connectivity index (χ3n) is 3.27. The molecule has 0 saturated heterocycles. The molecule has 0 aliphatic heterocycles. The van der Waals surface area contributed by atoms with Gasteiger partial charge in [0.1, 0.15) is 5.75 Å². The van der Waals surface area contributed by atoms with Gasteiger partial charge in [-0.2, -0.15) is 0 Å². The molecule has 1 rings (SSSR count). The second kappa shape index (κ2) is 10.3. The highest BCUT2D eigenvalue weighted by Gasteiger charge is 2.03. The first-order valence-corrected chi connectivity index (χ1v) is 7.36. The fourth-order valence-electron chi connectivity index (χ4n) is 2.12. The van der Waals surface area contributed by atoms with Crippen molar-refractivity contribution >= 4 is 5.91 Å². The maximum absolute atomic E-state index is 11.7. The Labute approximate surface area is 121 Å². The molecule has 1 aromatic carbocycles. The maximum atomic E-state index is 11.7. The fraction of sp³-hybridized carbons (Fsp3) is 0.562. The zero-order valence-corrected chi connectivity index (χ0v) is 12.4. The molecule has 0 saturated carbocycles. The van der Waals surface area contributed by atoms with Crippen LogP contribution in [0.1, 0.15) is 37.7 Å². The molecule has 4 heteroatoms. The minimum atomic E-state index is 0.132. The van der Waals surface area contributed by atoms with E-state index < -0.39 is 0 Å². The highest BCUT2D eigenvalue weighted by atomic mass is 16.5. The van der Waals surface area contributed by atoms with Crippen LogP contribution in [0.15, 0.2) is 24.3 Å². The van der Waals surface area contributed by atoms with Gasteiger partial charge in [-0.1, -0.05) is 31.0 Å². The summed E-state index contributed by atoms with van der Waals surface area (Å²) in [6.45, 7) is 1.40. The summed E-state index contributed by atoms with van der Waals surface area (Å²) in [6, 6.07) is 7.89. The molecule has 1 aromatic rings. The van der Waals surface area contributed by atoms with Gasteiger partial charge in [-0.05, 0) is 37.4 Å². The van der Waals surface area contributed by atoms with Crippen molar-refractivity contribution in [2.75, 3.05) is 20.2 Å². The van der Waals surface area contributed by atoms with Crippen LogP contribution in [-0.2, 0) is 11.2 Å². The van der Waals surface area contributed by atoms with Gasteiger partial charge in [0.2, 0.25) is 5.91 Å². The lowest BCUT2D eigenvalue weighted by Gasteiger charge is -2.09. The van der Waals surface area contributed by atoms with Crippen LogP contribution < -0.4 is 15.8 Å². The molecule has 0 aromatic heterocycles. The monoisotopic (exact) mass is 278 g/mol. The third-order valence-corrected chi connectivity index (χ3v) is 3.27. The van der Waals surface area contributed by atoms with Crippen molar-refractivity contribution in [3.63, 3.8) is 0 Å². The van der Waals surface area contributed by atoms with Crippen molar-refractivity contribution < 1.29 is 9.53 Å². The molecule has 0 aliphatic rings. The largest absolute Gasteiger partial charge is 0.496 e. The van der Waals surface area contributed by atoms with E-state index in [0.29, 0.717) is 13.0 Å². The Morgan fingerprint density at radius 2 is 1.95 bits per heavy atom. The molecule has 3 N–H and O–H groups in total. The number of nitrogens with one attached hydrogen (secondary N) is 1. The van der Waals surface area contributed by atoms with E-state index in [4.69, 9.17) is 10.5 Å². The quantitative estimate of drug-likeness (QED) is 0.645. The molecule has 0 heterocycles. The molecule has 20 heavy (non-hydrogen) atoms. The topological polar surface area (TPSA) is 64.3 Å².